The molecule has 0 bridgehead atoms. The summed E-state index contributed by atoms with van der Waals surface area (Å²) < 4.78 is 33.1. The Morgan fingerprint density at radius 3 is 2.74 bits per heavy atom. The number of carbonyl (C=O) groups is 1. The molecule has 0 fully saturated rings. The number of methoxy groups -OCH3 is 1. The van der Waals surface area contributed by atoms with Crippen LogP contribution in [0.15, 0.2) is 60.7 Å². The number of benzene rings is 3. The molecule has 1 aromatic heterocycles. The van der Waals surface area contributed by atoms with E-state index >= 15 is 0 Å². The third-order valence-corrected chi connectivity index (χ3v) is 4.83. The van der Waals surface area contributed by atoms with Gasteiger partial charge in [-0.1, -0.05) is 30.3 Å². The van der Waals surface area contributed by atoms with E-state index in [0.29, 0.717) is 39.0 Å². The van der Waals surface area contributed by atoms with E-state index in [1.54, 1.807) is 54.6 Å². The number of ether oxygens (including phenoxy) is 1. The molecule has 4 rings (SSSR count). The van der Waals surface area contributed by atoms with Crippen molar-refractivity contribution in [3.63, 3.8) is 0 Å². The second kappa shape index (κ2) is 8.79. The summed E-state index contributed by atoms with van der Waals surface area (Å²) >= 11 is 0. The van der Waals surface area contributed by atoms with Crippen LogP contribution in [0.3, 0.4) is 0 Å². The van der Waals surface area contributed by atoms with Gasteiger partial charge in [0, 0.05) is 17.5 Å². The molecule has 0 saturated heterocycles. The van der Waals surface area contributed by atoms with Crippen molar-refractivity contribution in [1.82, 2.24) is 15.5 Å². The fourth-order valence-corrected chi connectivity index (χ4v) is 3.25. The van der Waals surface area contributed by atoms with Crippen LogP contribution in [0.4, 0.5) is 8.78 Å². The van der Waals surface area contributed by atoms with E-state index in [9.17, 15) is 13.6 Å². The van der Waals surface area contributed by atoms with Crippen molar-refractivity contribution in [3.8, 4) is 5.75 Å². The van der Waals surface area contributed by atoms with Gasteiger partial charge >= 0.3 is 0 Å². The molecule has 0 saturated carbocycles. The molecule has 3 aromatic carbocycles. The summed E-state index contributed by atoms with van der Waals surface area (Å²) in [5.74, 6) is -0.716. The predicted octanol–water partition coefficient (Wildman–Crippen LogP) is 4.95. The zero-order valence-electron chi connectivity index (χ0n) is 16.7. The van der Waals surface area contributed by atoms with Gasteiger partial charge < -0.3 is 10.1 Å². The highest BCUT2D eigenvalue weighted by Crippen LogP contribution is 2.23. The lowest BCUT2D eigenvalue weighted by Crippen LogP contribution is -2.23. The van der Waals surface area contributed by atoms with E-state index in [0.717, 1.165) is 0 Å². The highest BCUT2D eigenvalue weighted by atomic mass is 19.1. The van der Waals surface area contributed by atoms with Crippen LogP contribution in [0.2, 0.25) is 0 Å². The Morgan fingerprint density at radius 1 is 1.10 bits per heavy atom. The number of halogens is 2. The standard InChI is InChI=1S/C24H19F2N3O2/c1-31-23-8-3-2-7-18(23)24(30)27-14-16-12-19-21(28-29-22(19)13-20(16)26)10-9-15-5-4-6-17(25)11-15/h2-13H,14H2,1H3,(H,27,30)(H,28,29). The predicted molar refractivity (Wildman–Crippen MR) is 116 cm³/mol. The average molecular weight is 419 g/mol. The van der Waals surface area contributed by atoms with Crippen LogP contribution < -0.4 is 10.1 Å². The summed E-state index contributed by atoms with van der Waals surface area (Å²) in [6.45, 7) is -0.00309. The van der Waals surface area contributed by atoms with Crippen molar-refractivity contribution >= 4 is 29.0 Å². The second-order valence-electron chi connectivity index (χ2n) is 6.87. The first-order chi connectivity index (χ1) is 15.0. The SMILES string of the molecule is COc1ccccc1C(=O)NCc1cc2c(C=Cc3cccc(F)c3)n[nH]c2cc1F. The molecule has 4 aromatic rings. The summed E-state index contributed by atoms with van der Waals surface area (Å²) in [6.07, 6.45) is 3.45. The summed E-state index contributed by atoms with van der Waals surface area (Å²) in [7, 11) is 1.48. The van der Waals surface area contributed by atoms with Crippen molar-refractivity contribution in [1.29, 1.82) is 0 Å². The number of hydrogen-bond acceptors (Lipinski definition) is 3. The number of aromatic amines is 1. The molecule has 1 heterocycles. The molecular formula is C24H19F2N3O2. The van der Waals surface area contributed by atoms with Crippen molar-refractivity contribution in [2.24, 2.45) is 0 Å². The quantitative estimate of drug-likeness (QED) is 0.465. The van der Waals surface area contributed by atoms with Crippen LogP contribution in [-0.4, -0.2) is 23.2 Å². The molecule has 0 unspecified atom stereocenters. The lowest BCUT2D eigenvalue weighted by atomic mass is 10.1. The Bertz CT molecular complexity index is 1280. The number of hydrogen-bond donors (Lipinski definition) is 2. The fourth-order valence-electron chi connectivity index (χ4n) is 3.25. The molecule has 5 nitrogen and oxygen atoms in total. The smallest absolute Gasteiger partial charge is 0.255 e. The van der Waals surface area contributed by atoms with Crippen LogP contribution in [0.5, 0.6) is 5.75 Å². The second-order valence-corrected chi connectivity index (χ2v) is 6.87. The van der Waals surface area contributed by atoms with Gasteiger partial charge in [0.1, 0.15) is 17.4 Å². The van der Waals surface area contributed by atoms with E-state index in [1.807, 2.05) is 0 Å². The number of carbonyl (C=O) groups excluding carboxylic acids is 1. The Kier molecular flexibility index (Phi) is 5.75. The lowest BCUT2D eigenvalue weighted by Gasteiger charge is -2.10. The molecule has 0 spiro atoms. The van der Waals surface area contributed by atoms with Gasteiger partial charge in [-0.15, -0.1) is 0 Å². The molecule has 0 atom stereocenters. The van der Waals surface area contributed by atoms with Crippen molar-refractivity contribution < 1.29 is 18.3 Å². The Hall–Kier alpha value is -4.00. The zero-order valence-corrected chi connectivity index (χ0v) is 16.7. The molecule has 0 aliphatic heterocycles. The maximum atomic E-state index is 14.5. The first-order valence-corrected chi connectivity index (χ1v) is 9.56. The normalized spacial score (nSPS) is 11.2. The van der Waals surface area contributed by atoms with Crippen LogP contribution >= 0.6 is 0 Å². The highest BCUT2D eigenvalue weighted by molar-refractivity contribution is 5.97. The van der Waals surface area contributed by atoms with E-state index in [4.69, 9.17) is 4.74 Å². The molecule has 0 aliphatic carbocycles. The largest absolute Gasteiger partial charge is 0.496 e. The minimum Gasteiger partial charge on any atom is -0.496 e. The number of nitrogens with zero attached hydrogens (tertiary/aromatic N) is 1. The number of fused-ring (bicyclic) bond motifs is 1. The summed E-state index contributed by atoms with van der Waals surface area (Å²) in [5, 5.41) is 10.4. The number of H-pyrrole nitrogens is 1. The van der Waals surface area contributed by atoms with Gasteiger partial charge in [0.15, 0.2) is 0 Å². The Labute approximate surface area is 177 Å². The molecular weight excluding hydrogens is 400 g/mol. The molecule has 31 heavy (non-hydrogen) atoms. The van der Waals surface area contributed by atoms with Crippen LogP contribution in [0, 0.1) is 11.6 Å². The van der Waals surface area contributed by atoms with Gasteiger partial charge in [-0.05, 0) is 48.0 Å². The fraction of sp³-hybridized carbons (Fsp3) is 0.0833. The molecule has 0 radical (unpaired) electrons. The monoisotopic (exact) mass is 419 g/mol. The van der Waals surface area contributed by atoms with Crippen LogP contribution in [0.25, 0.3) is 23.1 Å². The third kappa shape index (κ3) is 4.45. The molecule has 156 valence electrons. The molecule has 0 aliphatic rings. The zero-order chi connectivity index (χ0) is 21.8. The topological polar surface area (TPSA) is 67.0 Å². The first kappa shape index (κ1) is 20.3. The average Bonchev–Trinajstić information content (AvgIpc) is 3.17. The van der Waals surface area contributed by atoms with Gasteiger partial charge in [0.25, 0.3) is 5.91 Å². The minimum atomic E-state index is -0.461. The number of nitrogens with one attached hydrogen (secondary N) is 2. The van der Waals surface area contributed by atoms with E-state index < -0.39 is 5.82 Å². The van der Waals surface area contributed by atoms with Gasteiger partial charge in [0.05, 0.1) is 23.9 Å². The van der Waals surface area contributed by atoms with Crippen LogP contribution in [-0.2, 0) is 6.54 Å². The van der Waals surface area contributed by atoms with Gasteiger partial charge in [-0.2, -0.15) is 5.10 Å². The number of amides is 1. The van der Waals surface area contributed by atoms with Crippen molar-refractivity contribution in [2.45, 2.75) is 6.54 Å². The maximum absolute atomic E-state index is 14.5. The minimum absolute atomic E-state index is 0.00309. The number of para-hydroxylation sites is 1. The van der Waals surface area contributed by atoms with E-state index in [2.05, 4.69) is 15.5 Å². The summed E-state index contributed by atoms with van der Waals surface area (Å²) in [6, 6.07) is 16.0. The first-order valence-electron chi connectivity index (χ1n) is 9.56. The molecule has 2 N–H and O–H groups in total. The molecule has 1 amide bonds. The van der Waals surface area contributed by atoms with E-state index in [-0.39, 0.29) is 18.3 Å². The number of aromatic nitrogens is 2. The summed E-state index contributed by atoms with van der Waals surface area (Å²) in [5.41, 5.74) is 2.47. The van der Waals surface area contributed by atoms with Crippen molar-refractivity contribution in [3.05, 3.63) is 94.7 Å². The Balaban J connectivity index is 1.56. The highest BCUT2D eigenvalue weighted by Gasteiger charge is 2.14. The van der Waals surface area contributed by atoms with Crippen LogP contribution in [0.1, 0.15) is 27.2 Å². The van der Waals surface area contributed by atoms with Gasteiger partial charge in [-0.3, -0.25) is 9.89 Å². The third-order valence-electron chi connectivity index (χ3n) is 4.83. The van der Waals surface area contributed by atoms with Gasteiger partial charge in [-0.25, -0.2) is 8.78 Å². The van der Waals surface area contributed by atoms with E-state index in [1.165, 1.54) is 25.3 Å². The number of rotatable bonds is 6. The summed E-state index contributed by atoms with van der Waals surface area (Å²) in [4.78, 5) is 12.5. The Morgan fingerprint density at radius 2 is 1.94 bits per heavy atom. The van der Waals surface area contributed by atoms with Crippen molar-refractivity contribution in [2.75, 3.05) is 7.11 Å². The van der Waals surface area contributed by atoms with Gasteiger partial charge in [0.2, 0.25) is 0 Å². The lowest BCUT2D eigenvalue weighted by molar-refractivity contribution is 0.0947. The molecule has 7 heteroatoms. The maximum Gasteiger partial charge on any atom is 0.255 e.